The number of fused-ring (bicyclic) bond motifs is 1. The molecule has 1 aliphatic heterocycles. The minimum absolute atomic E-state index is 0.163. The van der Waals surface area contributed by atoms with E-state index in [1.54, 1.807) is 24.2 Å². The number of ether oxygens (including phenoxy) is 1. The zero-order chi connectivity index (χ0) is 19.5. The molecule has 0 radical (unpaired) electrons. The van der Waals surface area contributed by atoms with E-state index in [-0.39, 0.29) is 5.84 Å². The molecule has 0 bridgehead atoms. The highest BCUT2D eigenvalue weighted by Gasteiger charge is 2.13. The molecule has 3 aromatic rings. The van der Waals surface area contributed by atoms with Gasteiger partial charge in [-0.15, -0.1) is 0 Å². The normalized spacial score (nSPS) is 15.8. The van der Waals surface area contributed by atoms with Crippen LogP contribution >= 0.6 is 11.9 Å². The molecule has 8 heteroatoms. The molecule has 1 aromatic heterocycles. The zero-order valence-corrected chi connectivity index (χ0v) is 16.0. The number of pyridine rings is 1. The molecule has 28 heavy (non-hydrogen) atoms. The smallest absolute Gasteiger partial charge is 0.133 e. The molecule has 2 heterocycles. The lowest BCUT2D eigenvalue weighted by molar-refractivity contribution is 0.0773. The van der Waals surface area contributed by atoms with Crippen molar-refractivity contribution < 1.29 is 9.13 Å². The third kappa shape index (κ3) is 4.09. The molecule has 0 unspecified atom stereocenters. The number of hydrogen-bond acceptors (Lipinski definition) is 6. The van der Waals surface area contributed by atoms with E-state index in [2.05, 4.69) is 14.3 Å². The van der Waals surface area contributed by atoms with Gasteiger partial charge in [0.25, 0.3) is 0 Å². The number of amidine groups is 1. The monoisotopic (exact) mass is 397 g/mol. The van der Waals surface area contributed by atoms with Crippen LogP contribution in [0.15, 0.2) is 58.5 Å². The maximum atomic E-state index is 13.6. The second kappa shape index (κ2) is 8.14. The molecule has 6 nitrogen and oxygen atoms in total. The van der Waals surface area contributed by atoms with Crippen molar-refractivity contribution in [3.8, 4) is 0 Å². The number of nitrogen functional groups attached to an aromatic ring is 1. The maximum absolute atomic E-state index is 13.6. The van der Waals surface area contributed by atoms with E-state index >= 15 is 0 Å². The van der Waals surface area contributed by atoms with Gasteiger partial charge in [-0.3, -0.25) is 4.98 Å². The van der Waals surface area contributed by atoms with Gasteiger partial charge in [0.1, 0.15) is 11.7 Å². The average Bonchev–Trinajstić information content (AvgIpc) is 2.71. The molecule has 1 fully saturated rings. The molecule has 0 atom stereocenters. The molecule has 0 amide bonds. The molecule has 0 spiro atoms. The Balaban J connectivity index is 1.69. The third-order valence-electron chi connectivity index (χ3n) is 4.43. The molecular formula is C20H20FN5OS. The summed E-state index contributed by atoms with van der Waals surface area (Å²) >= 11 is 1.68. The summed E-state index contributed by atoms with van der Waals surface area (Å²) < 4.78 is 21.2. The van der Waals surface area contributed by atoms with Crippen molar-refractivity contribution in [2.24, 2.45) is 10.7 Å². The van der Waals surface area contributed by atoms with Crippen molar-refractivity contribution in [1.82, 2.24) is 9.29 Å². The van der Waals surface area contributed by atoms with E-state index in [0.29, 0.717) is 16.9 Å². The molecule has 2 aromatic carbocycles. The first kappa shape index (κ1) is 18.7. The molecule has 4 N–H and O–H groups in total. The molecule has 1 saturated heterocycles. The first-order valence-corrected chi connectivity index (χ1v) is 9.66. The number of morpholine rings is 1. The summed E-state index contributed by atoms with van der Waals surface area (Å²) in [6, 6.07) is 11.9. The van der Waals surface area contributed by atoms with Crippen molar-refractivity contribution in [3.05, 3.63) is 60.0 Å². The summed E-state index contributed by atoms with van der Waals surface area (Å²) in [6.07, 6.45) is 1.68. The van der Waals surface area contributed by atoms with Crippen LogP contribution < -0.4 is 11.5 Å². The van der Waals surface area contributed by atoms with E-state index in [1.807, 2.05) is 18.2 Å². The quantitative estimate of drug-likeness (QED) is 0.304. The summed E-state index contributed by atoms with van der Waals surface area (Å²) in [4.78, 5) is 10.0. The van der Waals surface area contributed by atoms with Crippen molar-refractivity contribution in [1.29, 1.82) is 0 Å². The summed E-state index contributed by atoms with van der Waals surface area (Å²) in [7, 11) is 0. The van der Waals surface area contributed by atoms with Crippen LogP contribution in [-0.4, -0.2) is 41.4 Å². The van der Waals surface area contributed by atoms with Crippen LogP contribution in [0.25, 0.3) is 10.9 Å². The fourth-order valence-corrected chi connectivity index (χ4v) is 3.92. The Morgan fingerprint density at radius 2 is 1.96 bits per heavy atom. The van der Waals surface area contributed by atoms with E-state index in [9.17, 15) is 4.39 Å². The number of aliphatic imine (C=N–C) groups is 1. The lowest BCUT2D eigenvalue weighted by Gasteiger charge is -2.25. The van der Waals surface area contributed by atoms with Crippen LogP contribution in [0.5, 0.6) is 0 Å². The lowest BCUT2D eigenvalue weighted by Crippen LogP contribution is -2.30. The van der Waals surface area contributed by atoms with Crippen LogP contribution in [0.1, 0.15) is 5.56 Å². The first-order chi connectivity index (χ1) is 13.6. The summed E-state index contributed by atoms with van der Waals surface area (Å²) in [6.45, 7) is 3.24. The molecule has 0 aliphatic carbocycles. The topological polar surface area (TPSA) is 89.8 Å². The van der Waals surface area contributed by atoms with Gasteiger partial charge in [-0.1, -0.05) is 0 Å². The summed E-state index contributed by atoms with van der Waals surface area (Å²) in [5.41, 5.74) is 14.3. The van der Waals surface area contributed by atoms with Gasteiger partial charge in [0.15, 0.2) is 0 Å². The van der Waals surface area contributed by atoms with E-state index in [4.69, 9.17) is 16.2 Å². The fourth-order valence-electron chi connectivity index (χ4n) is 2.99. The van der Waals surface area contributed by atoms with E-state index in [0.717, 1.165) is 42.1 Å². The van der Waals surface area contributed by atoms with Crippen LogP contribution in [0.3, 0.4) is 0 Å². The van der Waals surface area contributed by atoms with Gasteiger partial charge < -0.3 is 16.2 Å². The number of anilines is 1. The molecule has 144 valence electrons. The average molecular weight is 397 g/mol. The number of nitrogens with two attached hydrogens (primary N) is 2. The molecule has 1 aliphatic rings. The SMILES string of the molecule is NC(=Nc1ccnc2ccc(SN3CCOCC3)cc12)c1cc(F)ccc1N. The number of benzene rings is 2. The van der Waals surface area contributed by atoms with Gasteiger partial charge >= 0.3 is 0 Å². The second-order valence-corrected chi connectivity index (χ2v) is 7.54. The van der Waals surface area contributed by atoms with Gasteiger partial charge in [-0.05, 0) is 54.4 Å². The lowest BCUT2D eigenvalue weighted by atomic mass is 10.1. The molecular weight excluding hydrogens is 377 g/mol. The predicted octanol–water partition coefficient (Wildman–Crippen LogP) is 3.33. The highest BCUT2D eigenvalue weighted by Crippen LogP contribution is 2.31. The Morgan fingerprint density at radius 1 is 1.14 bits per heavy atom. The Morgan fingerprint density at radius 3 is 2.79 bits per heavy atom. The number of hydrogen-bond donors (Lipinski definition) is 2. The van der Waals surface area contributed by atoms with Gasteiger partial charge in [0, 0.05) is 40.8 Å². The summed E-state index contributed by atoms with van der Waals surface area (Å²) in [5, 5.41) is 0.874. The zero-order valence-electron chi connectivity index (χ0n) is 15.1. The van der Waals surface area contributed by atoms with E-state index < -0.39 is 5.82 Å². The minimum Gasteiger partial charge on any atom is -0.398 e. The Bertz CT molecular complexity index is 1040. The van der Waals surface area contributed by atoms with Gasteiger partial charge in [0.2, 0.25) is 0 Å². The number of halogens is 1. The fraction of sp³-hybridized carbons (Fsp3) is 0.200. The Labute approximate surface area is 166 Å². The van der Waals surface area contributed by atoms with Crippen LogP contribution in [0.2, 0.25) is 0 Å². The summed E-state index contributed by atoms with van der Waals surface area (Å²) in [5.74, 6) is -0.248. The highest BCUT2D eigenvalue weighted by molar-refractivity contribution is 7.97. The maximum Gasteiger partial charge on any atom is 0.133 e. The third-order valence-corrected chi connectivity index (χ3v) is 5.51. The van der Waals surface area contributed by atoms with Gasteiger partial charge in [0.05, 0.1) is 24.4 Å². The number of rotatable bonds is 4. The minimum atomic E-state index is -0.411. The van der Waals surface area contributed by atoms with Crippen molar-refractivity contribution in [3.63, 3.8) is 0 Å². The Hall–Kier alpha value is -2.68. The largest absolute Gasteiger partial charge is 0.398 e. The number of aromatic nitrogens is 1. The van der Waals surface area contributed by atoms with Crippen LogP contribution in [0, 0.1) is 5.82 Å². The first-order valence-electron chi connectivity index (χ1n) is 8.89. The molecule has 0 saturated carbocycles. The van der Waals surface area contributed by atoms with Crippen molar-refractivity contribution in [2.75, 3.05) is 32.0 Å². The standard InChI is InChI=1S/C20H20FN5OS/c21-13-1-3-17(22)15(11-13)20(23)25-19-5-6-24-18-4-2-14(12-16(18)19)28-26-7-9-27-10-8-26/h1-6,11-12H,7-10,22H2,(H2,23,24,25). The molecule has 4 rings (SSSR count). The second-order valence-electron chi connectivity index (χ2n) is 6.37. The predicted molar refractivity (Wildman–Crippen MR) is 111 cm³/mol. The van der Waals surface area contributed by atoms with E-state index in [1.165, 1.54) is 18.2 Å². The Kier molecular flexibility index (Phi) is 5.43. The number of nitrogens with zero attached hydrogens (tertiary/aromatic N) is 3. The van der Waals surface area contributed by atoms with Crippen molar-refractivity contribution >= 4 is 40.1 Å². The van der Waals surface area contributed by atoms with Crippen LogP contribution in [0.4, 0.5) is 15.8 Å². The highest BCUT2D eigenvalue weighted by atomic mass is 32.2. The van der Waals surface area contributed by atoms with Crippen molar-refractivity contribution in [2.45, 2.75) is 4.90 Å². The van der Waals surface area contributed by atoms with Gasteiger partial charge in [-0.25, -0.2) is 13.7 Å². The van der Waals surface area contributed by atoms with Crippen LogP contribution in [-0.2, 0) is 4.74 Å². The van der Waals surface area contributed by atoms with Gasteiger partial charge in [-0.2, -0.15) is 0 Å².